The van der Waals surface area contributed by atoms with Crippen molar-refractivity contribution < 1.29 is 22.3 Å². The fourth-order valence-electron chi connectivity index (χ4n) is 1.49. The lowest BCUT2D eigenvalue weighted by molar-refractivity contribution is 0.194. The van der Waals surface area contributed by atoms with Gasteiger partial charge in [-0.3, -0.25) is 9.11 Å². The van der Waals surface area contributed by atoms with Crippen LogP contribution in [0.5, 0.6) is 5.75 Å². The molecule has 8 heteroatoms. The first-order valence-corrected chi connectivity index (χ1v) is 8.54. The summed E-state index contributed by atoms with van der Waals surface area (Å²) in [5.74, 6) is 1.82. The quantitative estimate of drug-likeness (QED) is 0.345. The fraction of sp³-hybridized carbons (Fsp3) is 0.538. The average Bonchev–Trinajstić information content (AvgIpc) is 2.36. The van der Waals surface area contributed by atoms with Crippen molar-refractivity contribution in [1.82, 2.24) is 5.32 Å². The number of ether oxygens (including phenoxy) is 1. The summed E-state index contributed by atoms with van der Waals surface area (Å²) in [5.41, 5.74) is 1.23. The van der Waals surface area contributed by atoms with Gasteiger partial charge in [0.1, 0.15) is 11.9 Å². The van der Waals surface area contributed by atoms with Crippen molar-refractivity contribution in [2.24, 2.45) is 0 Å². The van der Waals surface area contributed by atoms with Gasteiger partial charge in [0.2, 0.25) is 0 Å². The van der Waals surface area contributed by atoms with Gasteiger partial charge in [-0.2, -0.15) is 21.0 Å². The molecule has 1 aromatic carbocycles. The molecule has 0 saturated heterocycles. The molecular formula is C13H23NO5S2. The van der Waals surface area contributed by atoms with Crippen LogP contribution >= 0.6 is 12.6 Å². The summed E-state index contributed by atoms with van der Waals surface area (Å²) in [4.78, 5) is 0. The molecule has 0 spiro atoms. The monoisotopic (exact) mass is 337 g/mol. The predicted molar refractivity (Wildman–Crippen MR) is 86.8 cm³/mol. The Morgan fingerprint density at radius 1 is 1.38 bits per heavy atom. The third-order valence-electron chi connectivity index (χ3n) is 2.41. The van der Waals surface area contributed by atoms with Gasteiger partial charge in [0.25, 0.3) is 0 Å². The first-order valence-electron chi connectivity index (χ1n) is 6.51. The van der Waals surface area contributed by atoms with E-state index in [2.05, 4.69) is 43.9 Å². The standard InChI is InChI=1S/C13H21NOS.H2O4S/c1-3-12(10-14-7-8-16)15-13-6-4-5-11(2)9-13;1-5(2,3)4/h4-6,9,12,14,16H,3,7-8,10H2,1-2H3;(H2,1,2,3,4). The van der Waals surface area contributed by atoms with Gasteiger partial charge >= 0.3 is 10.4 Å². The van der Waals surface area contributed by atoms with E-state index in [4.69, 9.17) is 22.3 Å². The Balaban J connectivity index is 0.000000690. The van der Waals surface area contributed by atoms with E-state index < -0.39 is 10.4 Å². The SMILES string of the molecule is CCC(CNCCS)Oc1cccc(C)c1.O=S(=O)(O)O. The first-order chi connectivity index (χ1) is 9.76. The van der Waals surface area contributed by atoms with E-state index in [1.54, 1.807) is 0 Å². The number of hydrogen-bond acceptors (Lipinski definition) is 5. The summed E-state index contributed by atoms with van der Waals surface area (Å²) < 4.78 is 37.5. The predicted octanol–water partition coefficient (Wildman–Crippen LogP) is 2.02. The van der Waals surface area contributed by atoms with E-state index in [0.29, 0.717) is 0 Å². The molecule has 1 aromatic rings. The van der Waals surface area contributed by atoms with Crippen molar-refractivity contribution in [1.29, 1.82) is 0 Å². The van der Waals surface area contributed by atoms with Crippen LogP contribution < -0.4 is 10.1 Å². The van der Waals surface area contributed by atoms with E-state index in [1.807, 2.05) is 12.1 Å². The molecule has 0 radical (unpaired) electrons. The van der Waals surface area contributed by atoms with E-state index in [0.717, 1.165) is 31.0 Å². The minimum absolute atomic E-state index is 0.238. The highest BCUT2D eigenvalue weighted by Crippen LogP contribution is 2.14. The molecule has 0 aliphatic carbocycles. The van der Waals surface area contributed by atoms with Crippen LogP contribution in [0, 0.1) is 6.92 Å². The molecule has 0 bridgehead atoms. The van der Waals surface area contributed by atoms with Crippen LogP contribution in [0.15, 0.2) is 24.3 Å². The number of hydrogen-bond donors (Lipinski definition) is 4. The molecule has 21 heavy (non-hydrogen) atoms. The molecule has 0 amide bonds. The highest BCUT2D eigenvalue weighted by molar-refractivity contribution is 7.80. The third-order valence-corrected chi connectivity index (χ3v) is 2.63. The molecule has 0 aromatic heterocycles. The van der Waals surface area contributed by atoms with Crippen LogP contribution in [0.1, 0.15) is 18.9 Å². The van der Waals surface area contributed by atoms with Crippen LogP contribution in [0.2, 0.25) is 0 Å². The van der Waals surface area contributed by atoms with Crippen LogP contribution in [0.3, 0.4) is 0 Å². The van der Waals surface area contributed by atoms with E-state index >= 15 is 0 Å². The second-order valence-corrected chi connectivity index (χ2v) is 5.68. The minimum Gasteiger partial charge on any atom is -0.489 e. The second-order valence-electron chi connectivity index (χ2n) is 4.34. The van der Waals surface area contributed by atoms with Crippen LogP contribution in [-0.2, 0) is 10.4 Å². The van der Waals surface area contributed by atoms with Gasteiger partial charge in [0, 0.05) is 18.8 Å². The van der Waals surface area contributed by atoms with Gasteiger partial charge in [0.05, 0.1) is 0 Å². The maximum Gasteiger partial charge on any atom is 0.394 e. The molecule has 0 aliphatic rings. The second kappa shape index (κ2) is 10.9. The largest absolute Gasteiger partial charge is 0.489 e. The Hall–Kier alpha value is -0.800. The Labute approximate surface area is 131 Å². The Morgan fingerprint density at radius 2 is 2.00 bits per heavy atom. The Kier molecular flexibility index (Phi) is 10.4. The lowest BCUT2D eigenvalue weighted by Gasteiger charge is -2.18. The Morgan fingerprint density at radius 3 is 2.48 bits per heavy atom. The molecule has 122 valence electrons. The maximum atomic E-state index is 8.74. The molecule has 1 unspecified atom stereocenters. The molecule has 0 heterocycles. The van der Waals surface area contributed by atoms with E-state index in [-0.39, 0.29) is 6.10 Å². The van der Waals surface area contributed by atoms with Gasteiger partial charge in [-0.25, -0.2) is 0 Å². The number of aryl methyl sites for hydroxylation is 1. The summed E-state index contributed by atoms with van der Waals surface area (Å²) >= 11 is 4.16. The van der Waals surface area contributed by atoms with E-state index in [9.17, 15) is 0 Å². The molecule has 1 atom stereocenters. The van der Waals surface area contributed by atoms with Gasteiger partial charge in [-0.1, -0.05) is 19.1 Å². The van der Waals surface area contributed by atoms with Gasteiger partial charge in [-0.15, -0.1) is 0 Å². The van der Waals surface area contributed by atoms with Gasteiger partial charge < -0.3 is 10.1 Å². The maximum absolute atomic E-state index is 8.74. The molecule has 1 rings (SSSR count). The zero-order valence-corrected chi connectivity index (χ0v) is 13.9. The van der Waals surface area contributed by atoms with Crippen molar-refractivity contribution in [3.8, 4) is 5.75 Å². The molecule has 0 saturated carbocycles. The van der Waals surface area contributed by atoms with Crippen LogP contribution in [-0.4, -0.2) is 42.5 Å². The fourth-order valence-corrected chi connectivity index (χ4v) is 1.65. The summed E-state index contributed by atoms with van der Waals surface area (Å²) in [6.07, 6.45) is 1.25. The molecule has 6 nitrogen and oxygen atoms in total. The van der Waals surface area contributed by atoms with Crippen LogP contribution in [0.25, 0.3) is 0 Å². The first kappa shape index (κ1) is 20.2. The average molecular weight is 337 g/mol. The number of benzene rings is 1. The van der Waals surface area contributed by atoms with Gasteiger partial charge in [-0.05, 0) is 31.0 Å². The molecular weight excluding hydrogens is 314 g/mol. The highest BCUT2D eigenvalue weighted by atomic mass is 32.3. The topological polar surface area (TPSA) is 95.9 Å². The summed E-state index contributed by atoms with van der Waals surface area (Å²) in [6.45, 7) is 6.03. The number of nitrogens with one attached hydrogen (secondary N) is 1. The molecule has 0 aliphatic heterocycles. The van der Waals surface area contributed by atoms with Crippen molar-refractivity contribution in [3.05, 3.63) is 29.8 Å². The van der Waals surface area contributed by atoms with Gasteiger partial charge in [0.15, 0.2) is 0 Å². The summed E-state index contributed by atoms with van der Waals surface area (Å²) in [7, 11) is -4.67. The molecule has 0 fully saturated rings. The summed E-state index contributed by atoms with van der Waals surface area (Å²) in [6, 6.07) is 8.18. The van der Waals surface area contributed by atoms with Crippen molar-refractivity contribution in [2.45, 2.75) is 26.4 Å². The zero-order valence-electron chi connectivity index (χ0n) is 12.2. The smallest absolute Gasteiger partial charge is 0.394 e. The number of thiol groups is 1. The van der Waals surface area contributed by atoms with E-state index in [1.165, 1.54) is 5.56 Å². The Bertz CT molecular complexity index is 485. The zero-order chi connectivity index (χ0) is 16.3. The van der Waals surface area contributed by atoms with Crippen molar-refractivity contribution >= 4 is 23.0 Å². The van der Waals surface area contributed by atoms with Crippen molar-refractivity contribution in [2.75, 3.05) is 18.8 Å². The summed E-state index contributed by atoms with van der Waals surface area (Å²) in [5, 5.41) is 3.32. The lowest BCUT2D eigenvalue weighted by Crippen LogP contribution is -2.32. The highest BCUT2D eigenvalue weighted by Gasteiger charge is 2.07. The van der Waals surface area contributed by atoms with Crippen LogP contribution in [0.4, 0.5) is 0 Å². The molecule has 3 N–H and O–H groups in total. The van der Waals surface area contributed by atoms with Crippen molar-refractivity contribution in [3.63, 3.8) is 0 Å². The number of rotatable bonds is 7. The lowest BCUT2D eigenvalue weighted by atomic mass is 10.2. The minimum atomic E-state index is -4.67. The normalized spacial score (nSPS) is 12.2. The third kappa shape index (κ3) is 13.9.